The molecule has 0 atom stereocenters. The summed E-state index contributed by atoms with van der Waals surface area (Å²) >= 11 is 18.7. The smallest absolute Gasteiger partial charge is 0.123 e. The summed E-state index contributed by atoms with van der Waals surface area (Å²) in [7, 11) is 1.92. The summed E-state index contributed by atoms with van der Waals surface area (Å²) in [5.41, 5.74) is 2.02. The highest BCUT2D eigenvalue weighted by Crippen LogP contribution is 2.33. The Labute approximate surface area is 150 Å². The van der Waals surface area contributed by atoms with E-state index in [4.69, 9.17) is 34.8 Å². The Kier molecular flexibility index (Phi) is 6.28. The normalized spacial score (nSPS) is 11.2. The van der Waals surface area contributed by atoms with Crippen LogP contribution in [0, 0.1) is 5.82 Å². The average molecular weight is 374 g/mol. The van der Waals surface area contributed by atoms with Gasteiger partial charge in [-0.3, -0.25) is 0 Å². The summed E-state index contributed by atoms with van der Waals surface area (Å²) in [4.78, 5) is 6.24. The summed E-state index contributed by atoms with van der Waals surface area (Å²) in [6.07, 6.45) is 2.09. The minimum Gasteiger partial charge on any atom is -0.366 e. The first-order valence-corrected chi connectivity index (χ1v) is 8.20. The van der Waals surface area contributed by atoms with Gasteiger partial charge in [-0.05, 0) is 48.4 Å². The van der Waals surface area contributed by atoms with Crippen LogP contribution in [0.15, 0.2) is 35.3 Å². The van der Waals surface area contributed by atoms with Crippen LogP contribution in [0.2, 0.25) is 15.1 Å². The molecule has 0 saturated carbocycles. The molecule has 0 bridgehead atoms. The molecule has 0 aromatic heterocycles. The van der Waals surface area contributed by atoms with Crippen LogP contribution in [-0.4, -0.2) is 24.8 Å². The Morgan fingerprint density at radius 1 is 1.04 bits per heavy atom. The third-order valence-electron chi connectivity index (χ3n) is 3.40. The van der Waals surface area contributed by atoms with Crippen LogP contribution in [0.25, 0.3) is 0 Å². The van der Waals surface area contributed by atoms with Gasteiger partial charge in [0.05, 0.1) is 17.0 Å². The lowest BCUT2D eigenvalue weighted by molar-refractivity contribution is 0.552. The Balaban J connectivity index is 2.29. The summed E-state index contributed by atoms with van der Waals surface area (Å²) in [6, 6.07) is 7.69. The zero-order chi connectivity index (χ0) is 17.0. The Bertz CT molecular complexity index is 732. The van der Waals surface area contributed by atoms with Crippen molar-refractivity contribution in [2.45, 2.75) is 13.3 Å². The zero-order valence-electron chi connectivity index (χ0n) is 12.8. The van der Waals surface area contributed by atoms with Crippen molar-refractivity contribution in [3.63, 3.8) is 0 Å². The van der Waals surface area contributed by atoms with Crippen LogP contribution >= 0.6 is 34.8 Å². The molecule has 0 heterocycles. The van der Waals surface area contributed by atoms with Gasteiger partial charge in [0.25, 0.3) is 0 Å². The molecule has 0 fully saturated rings. The van der Waals surface area contributed by atoms with E-state index in [1.54, 1.807) is 18.5 Å². The van der Waals surface area contributed by atoms with Crippen molar-refractivity contribution in [2.75, 3.05) is 13.6 Å². The molecule has 6 heteroatoms. The number of aliphatic imine (C=N–C) groups is 1. The molecule has 2 nitrogen and oxygen atoms in total. The predicted molar refractivity (Wildman–Crippen MR) is 97.1 cm³/mol. The van der Waals surface area contributed by atoms with Crippen molar-refractivity contribution in [1.29, 1.82) is 0 Å². The molecular formula is C17H16Cl3FN2. The van der Waals surface area contributed by atoms with Gasteiger partial charge in [0.15, 0.2) is 0 Å². The van der Waals surface area contributed by atoms with E-state index >= 15 is 0 Å². The third-order valence-corrected chi connectivity index (χ3v) is 4.42. The quantitative estimate of drug-likeness (QED) is 0.464. The lowest BCUT2D eigenvalue weighted by atomic mass is 10.0. The van der Waals surface area contributed by atoms with Crippen LogP contribution < -0.4 is 0 Å². The molecule has 2 aromatic rings. The molecule has 0 unspecified atom stereocenters. The van der Waals surface area contributed by atoms with Crippen molar-refractivity contribution in [2.24, 2.45) is 4.99 Å². The van der Waals surface area contributed by atoms with E-state index < -0.39 is 0 Å². The number of nitrogens with zero attached hydrogens (tertiary/aromatic N) is 2. The second-order valence-electron chi connectivity index (χ2n) is 5.13. The molecule has 2 aromatic carbocycles. The van der Waals surface area contributed by atoms with Gasteiger partial charge in [-0.25, -0.2) is 9.38 Å². The average Bonchev–Trinajstić information content (AvgIpc) is 2.52. The first-order chi connectivity index (χ1) is 10.9. The summed E-state index contributed by atoms with van der Waals surface area (Å²) in [6.45, 7) is 2.86. The highest BCUT2D eigenvalue weighted by atomic mass is 35.5. The fourth-order valence-corrected chi connectivity index (χ4v) is 2.58. The van der Waals surface area contributed by atoms with Crippen LogP contribution in [-0.2, 0) is 6.42 Å². The van der Waals surface area contributed by atoms with Gasteiger partial charge in [-0.2, -0.15) is 0 Å². The Morgan fingerprint density at radius 3 is 2.43 bits per heavy atom. The van der Waals surface area contributed by atoms with Gasteiger partial charge in [0.1, 0.15) is 5.82 Å². The van der Waals surface area contributed by atoms with E-state index in [1.165, 1.54) is 18.2 Å². The number of halogens is 4. The SMILES string of the molecule is CCN(C)/C=N\c1cc(Cl)c(Cc2cc(F)ccc2Cl)cc1Cl. The van der Waals surface area contributed by atoms with Crippen molar-refractivity contribution in [3.8, 4) is 0 Å². The van der Waals surface area contributed by atoms with E-state index in [2.05, 4.69) is 4.99 Å². The fourth-order valence-electron chi connectivity index (χ4n) is 1.94. The zero-order valence-corrected chi connectivity index (χ0v) is 15.1. The van der Waals surface area contributed by atoms with Crippen molar-refractivity contribution in [3.05, 3.63) is 62.3 Å². The van der Waals surface area contributed by atoms with Gasteiger partial charge in [0.2, 0.25) is 0 Å². The van der Waals surface area contributed by atoms with E-state index in [-0.39, 0.29) is 5.82 Å². The topological polar surface area (TPSA) is 15.6 Å². The first-order valence-electron chi connectivity index (χ1n) is 7.07. The minimum atomic E-state index is -0.338. The molecule has 0 aliphatic heterocycles. The van der Waals surface area contributed by atoms with Gasteiger partial charge in [-0.1, -0.05) is 34.8 Å². The van der Waals surface area contributed by atoms with Crippen LogP contribution in [0.1, 0.15) is 18.1 Å². The van der Waals surface area contributed by atoms with E-state index in [0.29, 0.717) is 32.7 Å². The van der Waals surface area contributed by atoms with Crippen molar-refractivity contribution < 1.29 is 4.39 Å². The van der Waals surface area contributed by atoms with Gasteiger partial charge in [-0.15, -0.1) is 0 Å². The Morgan fingerprint density at radius 2 is 1.74 bits per heavy atom. The lowest BCUT2D eigenvalue weighted by Gasteiger charge is -2.11. The molecule has 23 heavy (non-hydrogen) atoms. The molecule has 122 valence electrons. The summed E-state index contributed by atoms with van der Waals surface area (Å²) in [5.74, 6) is -0.338. The van der Waals surface area contributed by atoms with Crippen LogP contribution in [0.4, 0.5) is 10.1 Å². The second kappa shape index (κ2) is 8.00. The standard InChI is InChI=1S/C17H16Cl3FN2/c1-3-23(2)10-22-17-9-15(19)12(8-16(17)20)6-11-7-13(21)4-5-14(11)18/h4-5,7-10H,3,6H2,1-2H3/b22-10-. The van der Waals surface area contributed by atoms with Crippen molar-refractivity contribution >= 4 is 46.8 Å². The van der Waals surface area contributed by atoms with E-state index in [1.807, 2.05) is 18.9 Å². The molecular weight excluding hydrogens is 358 g/mol. The molecule has 0 aliphatic carbocycles. The van der Waals surface area contributed by atoms with Crippen molar-refractivity contribution in [1.82, 2.24) is 4.90 Å². The summed E-state index contributed by atoms with van der Waals surface area (Å²) in [5, 5.41) is 1.49. The Hall–Kier alpha value is -1.29. The molecule has 0 amide bonds. The van der Waals surface area contributed by atoms with E-state index in [9.17, 15) is 4.39 Å². The number of benzene rings is 2. The maximum absolute atomic E-state index is 13.4. The monoisotopic (exact) mass is 372 g/mol. The van der Waals surface area contributed by atoms with Gasteiger partial charge in [0, 0.05) is 30.1 Å². The fraction of sp³-hybridized carbons (Fsp3) is 0.235. The number of hydrogen-bond donors (Lipinski definition) is 0. The number of rotatable bonds is 5. The molecule has 0 aliphatic rings. The highest BCUT2D eigenvalue weighted by molar-refractivity contribution is 6.35. The molecule has 0 saturated heterocycles. The van der Waals surface area contributed by atoms with Gasteiger partial charge < -0.3 is 4.90 Å². The highest BCUT2D eigenvalue weighted by Gasteiger charge is 2.10. The molecule has 0 radical (unpaired) electrons. The molecule has 2 rings (SSSR count). The molecule has 0 spiro atoms. The maximum Gasteiger partial charge on any atom is 0.123 e. The first kappa shape index (κ1) is 18.1. The largest absolute Gasteiger partial charge is 0.366 e. The second-order valence-corrected chi connectivity index (χ2v) is 6.35. The minimum absolute atomic E-state index is 0.338. The van der Waals surface area contributed by atoms with Crippen LogP contribution in [0.3, 0.4) is 0 Å². The van der Waals surface area contributed by atoms with Gasteiger partial charge >= 0.3 is 0 Å². The molecule has 0 N–H and O–H groups in total. The summed E-state index contributed by atoms with van der Waals surface area (Å²) < 4.78 is 13.4. The lowest BCUT2D eigenvalue weighted by Crippen LogP contribution is -2.14. The van der Waals surface area contributed by atoms with E-state index in [0.717, 1.165) is 12.1 Å². The van der Waals surface area contributed by atoms with Crippen LogP contribution in [0.5, 0.6) is 0 Å². The third kappa shape index (κ3) is 4.84. The predicted octanol–water partition coefficient (Wildman–Crippen LogP) is 5.99. The number of hydrogen-bond acceptors (Lipinski definition) is 1. The maximum atomic E-state index is 13.4.